The van der Waals surface area contributed by atoms with E-state index in [4.69, 9.17) is 14.2 Å². The quantitative estimate of drug-likeness (QED) is 0.132. The number of ether oxygens (including phenoxy) is 3. The number of amides is 1. The van der Waals surface area contributed by atoms with Crippen LogP contribution in [0.25, 0.3) is 22.4 Å². The van der Waals surface area contributed by atoms with E-state index in [0.29, 0.717) is 11.4 Å². The molecule has 0 unspecified atom stereocenters. The molecule has 0 fully saturated rings. The molecule has 0 aliphatic carbocycles. The van der Waals surface area contributed by atoms with Gasteiger partial charge in [-0.15, -0.1) is 0 Å². The first-order chi connectivity index (χ1) is 24.5. The highest BCUT2D eigenvalue weighted by Gasteiger charge is 2.27. The molecule has 12 nitrogen and oxygen atoms in total. The van der Waals surface area contributed by atoms with Crippen molar-refractivity contribution in [1.82, 2.24) is 19.9 Å². The number of methoxy groups -OCH3 is 1. The second-order valence-corrected chi connectivity index (χ2v) is 14.1. The summed E-state index contributed by atoms with van der Waals surface area (Å²) < 4.78 is 48.1. The Balaban J connectivity index is 1.36. The van der Waals surface area contributed by atoms with Crippen molar-refractivity contribution in [1.29, 1.82) is 0 Å². The molecule has 0 aliphatic heterocycles. The second kappa shape index (κ2) is 14.8. The Kier molecular flexibility index (Phi) is 10.1. The van der Waals surface area contributed by atoms with Gasteiger partial charge in [-0.25, -0.2) is 23.4 Å². The summed E-state index contributed by atoms with van der Waals surface area (Å²) in [4.78, 5) is 30.6. The molecule has 4 aromatic carbocycles. The smallest absolute Gasteiger partial charge is 0.263 e. The van der Waals surface area contributed by atoms with Gasteiger partial charge < -0.3 is 19.5 Å². The number of hydrogen-bond donors (Lipinski definition) is 2. The van der Waals surface area contributed by atoms with E-state index < -0.39 is 10.0 Å². The number of hydrogen-bond acceptors (Lipinski definition) is 10. The van der Waals surface area contributed by atoms with Gasteiger partial charge in [0.15, 0.2) is 23.1 Å². The number of nitrogens with one attached hydrogen (secondary N) is 2. The first-order valence-corrected chi connectivity index (χ1v) is 17.5. The van der Waals surface area contributed by atoms with E-state index in [1.165, 1.54) is 31.6 Å². The molecule has 1 amide bonds. The average Bonchev–Trinajstić information content (AvgIpc) is 3.13. The van der Waals surface area contributed by atoms with Crippen molar-refractivity contribution in [3.8, 4) is 34.8 Å². The molecule has 0 bridgehead atoms. The maximum absolute atomic E-state index is 13.8. The van der Waals surface area contributed by atoms with E-state index in [1.54, 1.807) is 42.5 Å². The van der Waals surface area contributed by atoms with Crippen LogP contribution in [0.1, 0.15) is 32.8 Å². The Morgan fingerprint density at radius 2 is 1.47 bits per heavy atom. The molecular formula is C38H36N6O6S. The molecule has 0 saturated heterocycles. The third kappa shape index (κ3) is 8.22. The fraction of sp³-hybridized carbons (Fsp3) is 0.184. The van der Waals surface area contributed by atoms with Crippen molar-refractivity contribution in [2.75, 3.05) is 23.8 Å². The predicted molar refractivity (Wildman–Crippen MR) is 195 cm³/mol. The van der Waals surface area contributed by atoms with Gasteiger partial charge in [-0.05, 0) is 52.8 Å². The molecule has 260 valence electrons. The zero-order valence-corrected chi connectivity index (χ0v) is 29.3. The van der Waals surface area contributed by atoms with Gasteiger partial charge >= 0.3 is 0 Å². The maximum Gasteiger partial charge on any atom is 0.263 e. The SMILES string of the molecule is COc1ccccc1Oc1c(NS(=O)(=O)c2ccc(C(C)(C)C)cc2)nc(-c2ncccn2)nc1OCCC(=O)Nc1cccc2ccccc12. The van der Waals surface area contributed by atoms with Gasteiger partial charge in [0.25, 0.3) is 15.9 Å². The molecular weight excluding hydrogens is 669 g/mol. The number of anilines is 2. The van der Waals surface area contributed by atoms with Crippen molar-refractivity contribution in [3.63, 3.8) is 0 Å². The first-order valence-electron chi connectivity index (χ1n) is 16.1. The maximum atomic E-state index is 13.8. The van der Waals surface area contributed by atoms with E-state index in [2.05, 4.69) is 30.0 Å². The first kappa shape index (κ1) is 34.8. The molecule has 0 saturated carbocycles. The molecule has 6 rings (SSSR count). The normalized spacial score (nSPS) is 11.5. The molecule has 6 aromatic rings. The Morgan fingerprint density at radius 3 is 2.20 bits per heavy atom. The minimum Gasteiger partial charge on any atom is -0.493 e. The van der Waals surface area contributed by atoms with E-state index >= 15 is 0 Å². The lowest BCUT2D eigenvalue weighted by Crippen LogP contribution is -2.18. The van der Waals surface area contributed by atoms with Crippen molar-refractivity contribution in [2.24, 2.45) is 0 Å². The van der Waals surface area contributed by atoms with Gasteiger partial charge in [0, 0.05) is 23.5 Å². The van der Waals surface area contributed by atoms with Crippen LogP contribution in [-0.2, 0) is 20.2 Å². The molecule has 0 atom stereocenters. The predicted octanol–water partition coefficient (Wildman–Crippen LogP) is 7.39. The Bertz CT molecular complexity index is 2270. The Labute approximate surface area is 296 Å². The average molecular weight is 705 g/mol. The van der Waals surface area contributed by atoms with E-state index in [0.717, 1.165) is 16.3 Å². The summed E-state index contributed by atoms with van der Waals surface area (Å²) in [5.74, 6) is -0.206. The fourth-order valence-electron chi connectivity index (χ4n) is 5.12. The number of carbonyl (C=O) groups is 1. The highest BCUT2D eigenvalue weighted by Crippen LogP contribution is 2.41. The lowest BCUT2D eigenvalue weighted by Gasteiger charge is -2.20. The number of aromatic nitrogens is 4. The monoisotopic (exact) mass is 704 g/mol. The number of carbonyl (C=O) groups excluding carboxylic acids is 1. The van der Waals surface area contributed by atoms with Gasteiger partial charge in [0.2, 0.25) is 17.5 Å². The van der Waals surface area contributed by atoms with Gasteiger partial charge in [-0.3, -0.25) is 9.52 Å². The van der Waals surface area contributed by atoms with Gasteiger partial charge in [0.05, 0.1) is 25.0 Å². The number of fused-ring (bicyclic) bond motifs is 1. The van der Waals surface area contributed by atoms with Crippen molar-refractivity contribution >= 4 is 38.2 Å². The van der Waals surface area contributed by atoms with Crippen LogP contribution in [0.3, 0.4) is 0 Å². The summed E-state index contributed by atoms with van der Waals surface area (Å²) in [6.45, 7) is 5.97. The van der Waals surface area contributed by atoms with Crippen LogP contribution in [0.4, 0.5) is 11.5 Å². The minimum absolute atomic E-state index is 0.00226. The van der Waals surface area contributed by atoms with Crippen LogP contribution in [0.2, 0.25) is 0 Å². The Morgan fingerprint density at radius 1 is 0.784 bits per heavy atom. The highest BCUT2D eigenvalue weighted by molar-refractivity contribution is 7.92. The van der Waals surface area contributed by atoms with E-state index in [-0.39, 0.29) is 64.1 Å². The molecule has 0 spiro atoms. The Hall–Kier alpha value is -6.08. The summed E-state index contributed by atoms with van der Waals surface area (Å²) in [5.41, 5.74) is 1.45. The topological polar surface area (TPSA) is 155 Å². The number of para-hydroxylation sites is 2. The molecule has 2 heterocycles. The van der Waals surface area contributed by atoms with Gasteiger partial charge in [-0.1, -0.05) is 81.4 Å². The van der Waals surface area contributed by atoms with Crippen molar-refractivity contribution in [3.05, 3.63) is 115 Å². The molecule has 0 radical (unpaired) electrons. The van der Waals surface area contributed by atoms with Gasteiger partial charge in [0.1, 0.15) is 0 Å². The molecule has 13 heteroatoms. The summed E-state index contributed by atoms with van der Waals surface area (Å²) in [6, 6.07) is 28.4. The number of sulfonamides is 1. The molecule has 51 heavy (non-hydrogen) atoms. The molecule has 2 aromatic heterocycles. The number of nitrogens with zero attached hydrogens (tertiary/aromatic N) is 4. The van der Waals surface area contributed by atoms with Crippen molar-refractivity contribution in [2.45, 2.75) is 37.5 Å². The number of rotatable bonds is 12. The van der Waals surface area contributed by atoms with Crippen LogP contribution in [-0.4, -0.2) is 48.0 Å². The lowest BCUT2D eigenvalue weighted by atomic mass is 9.87. The van der Waals surface area contributed by atoms with Crippen LogP contribution in [0.5, 0.6) is 23.1 Å². The molecule has 0 aliphatic rings. The summed E-state index contributed by atoms with van der Waals surface area (Å²) in [5, 5.41) is 4.83. The summed E-state index contributed by atoms with van der Waals surface area (Å²) in [6.07, 6.45) is 2.94. The van der Waals surface area contributed by atoms with Crippen LogP contribution in [0.15, 0.2) is 114 Å². The van der Waals surface area contributed by atoms with E-state index in [1.807, 2.05) is 63.2 Å². The summed E-state index contributed by atoms with van der Waals surface area (Å²) in [7, 11) is -2.74. The standard InChI is InChI=1S/C38H36N6O6S/c1-38(2,3)26-17-19-27(20-18-26)51(46,47)44-34-33(50-31-16-8-7-15-30(31)48-4)37(43-36(42-34)35-39-22-10-23-40-35)49-24-21-32(45)41-29-14-9-12-25-11-5-6-13-28(25)29/h5-20,22-23H,21,24H2,1-4H3,(H,41,45)(H,42,43,44). The third-order valence-electron chi connectivity index (χ3n) is 7.77. The van der Waals surface area contributed by atoms with Gasteiger partial charge in [-0.2, -0.15) is 4.98 Å². The van der Waals surface area contributed by atoms with Crippen LogP contribution >= 0.6 is 0 Å². The zero-order chi connectivity index (χ0) is 36.0. The van der Waals surface area contributed by atoms with Crippen LogP contribution < -0.4 is 24.2 Å². The van der Waals surface area contributed by atoms with E-state index in [9.17, 15) is 13.2 Å². The largest absolute Gasteiger partial charge is 0.493 e. The highest BCUT2D eigenvalue weighted by atomic mass is 32.2. The third-order valence-corrected chi connectivity index (χ3v) is 9.13. The summed E-state index contributed by atoms with van der Waals surface area (Å²) >= 11 is 0. The second-order valence-electron chi connectivity index (χ2n) is 12.4. The number of benzene rings is 4. The van der Waals surface area contributed by atoms with Crippen molar-refractivity contribution < 1.29 is 27.4 Å². The molecule has 2 N–H and O–H groups in total. The lowest BCUT2D eigenvalue weighted by molar-refractivity contribution is -0.116. The van der Waals surface area contributed by atoms with Crippen LogP contribution in [0, 0.1) is 0 Å². The zero-order valence-electron chi connectivity index (χ0n) is 28.5. The fourth-order valence-corrected chi connectivity index (χ4v) is 6.13. The minimum atomic E-state index is -4.22.